The fourth-order valence-corrected chi connectivity index (χ4v) is 3.79. The zero-order valence-electron chi connectivity index (χ0n) is 20.3. The minimum atomic E-state index is -1.62. The number of unbranched alkanes of at least 4 members (excludes halogenated alkanes) is 8. The standard InChI is InChI=1S/C12H25NO.C11H21NO5/c1-2-3-4-5-6-7-8-9-10-11-12(13)14;1-5-8(13)12(3,4)11(6-2,10(16)17)7-9(14)15/h2-11H2,1H3,(H2,13,14);8,13H,5-7H2,1-4H3,(H-,14,15,16,17). The molecule has 0 radical (unpaired) electrons. The molecule has 31 heavy (non-hydrogen) atoms. The summed E-state index contributed by atoms with van der Waals surface area (Å²) in [5, 5.41) is 30.1. The summed E-state index contributed by atoms with van der Waals surface area (Å²) in [6.45, 7) is 5.53. The van der Waals surface area contributed by atoms with Crippen molar-refractivity contribution < 1.29 is 34.2 Å². The average molecular weight is 447 g/mol. The Labute approximate surface area is 188 Å². The van der Waals surface area contributed by atoms with E-state index in [1.807, 2.05) is 0 Å². The van der Waals surface area contributed by atoms with E-state index in [4.69, 9.17) is 10.8 Å². The zero-order chi connectivity index (χ0) is 24.5. The number of hydrogen-bond donors (Lipinski definition) is 3. The number of amides is 1. The van der Waals surface area contributed by atoms with E-state index in [1.54, 1.807) is 13.8 Å². The van der Waals surface area contributed by atoms with Crippen LogP contribution in [0, 0.1) is 0 Å². The normalized spacial score (nSPS) is 14.1. The minimum absolute atomic E-state index is 0.0751. The van der Waals surface area contributed by atoms with Crippen LogP contribution >= 0.6 is 0 Å². The highest BCUT2D eigenvalue weighted by Crippen LogP contribution is 2.31. The zero-order valence-corrected chi connectivity index (χ0v) is 20.3. The topological polar surface area (TPSA) is 141 Å². The molecule has 0 heterocycles. The number of likely N-dealkylation sites (N-methyl/N-ethyl adjacent to an activating group) is 1. The number of nitrogens with two attached hydrogens (primary N) is 1. The monoisotopic (exact) mass is 446 g/mol. The fraction of sp³-hybridized carbons (Fsp3) is 0.870. The largest absolute Gasteiger partial charge is 0.544 e. The number of carbonyl (C=O) groups excluding carboxylic acids is 2. The Morgan fingerprint density at radius 3 is 1.71 bits per heavy atom. The summed E-state index contributed by atoms with van der Waals surface area (Å²) in [6, 6.07) is 0. The maximum Gasteiger partial charge on any atom is 0.310 e. The third-order valence-electron chi connectivity index (χ3n) is 6.15. The minimum Gasteiger partial charge on any atom is -0.544 e. The second kappa shape index (κ2) is 17.0. The van der Waals surface area contributed by atoms with Crippen molar-refractivity contribution in [3.63, 3.8) is 0 Å². The van der Waals surface area contributed by atoms with Gasteiger partial charge < -0.3 is 25.8 Å². The lowest BCUT2D eigenvalue weighted by Crippen LogP contribution is -2.71. The summed E-state index contributed by atoms with van der Waals surface area (Å²) in [7, 11) is 3.02. The van der Waals surface area contributed by atoms with Crippen LogP contribution in [0.3, 0.4) is 0 Å². The average Bonchev–Trinajstić information content (AvgIpc) is 2.69. The van der Waals surface area contributed by atoms with Crippen LogP contribution in [-0.4, -0.2) is 58.4 Å². The van der Waals surface area contributed by atoms with Gasteiger partial charge in [0.05, 0.1) is 14.1 Å². The maximum atomic E-state index is 11.4. The molecule has 1 amide bonds. The third-order valence-corrected chi connectivity index (χ3v) is 6.15. The van der Waals surface area contributed by atoms with Gasteiger partial charge in [-0.25, -0.2) is 0 Å². The molecule has 8 nitrogen and oxygen atoms in total. The Balaban J connectivity index is 0. The highest BCUT2D eigenvalue weighted by molar-refractivity contribution is 5.82. The summed E-state index contributed by atoms with van der Waals surface area (Å²) in [5.74, 6) is -2.82. The first-order valence-electron chi connectivity index (χ1n) is 11.7. The Morgan fingerprint density at radius 2 is 1.39 bits per heavy atom. The van der Waals surface area contributed by atoms with Crippen LogP contribution in [0.1, 0.15) is 104 Å². The van der Waals surface area contributed by atoms with Crippen molar-refractivity contribution in [3.05, 3.63) is 0 Å². The SMILES string of the molecule is CCC(O)[N+](C)(C)C(CC)(CC(=O)O)C(=O)[O-].CCCCCCCCCCCC(N)=O. The van der Waals surface area contributed by atoms with Crippen molar-refractivity contribution >= 4 is 17.8 Å². The van der Waals surface area contributed by atoms with Gasteiger partial charge in [0.2, 0.25) is 5.91 Å². The smallest absolute Gasteiger partial charge is 0.310 e. The van der Waals surface area contributed by atoms with E-state index in [0.717, 1.165) is 12.8 Å². The predicted molar refractivity (Wildman–Crippen MR) is 120 cm³/mol. The van der Waals surface area contributed by atoms with E-state index in [-0.39, 0.29) is 16.8 Å². The van der Waals surface area contributed by atoms with Crippen molar-refractivity contribution in [2.45, 2.75) is 116 Å². The van der Waals surface area contributed by atoms with Gasteiger partial charge in [0.25, 0.3) is 0 Å². The van der Waals surface area contributed by atoms with Gasteiger partial charge in [-0.2, -0.15) is 0 Å². The lowest BCUT2D eigenvalue weighted by atomic mass is 9.87. The van der Waals surface area contributed by atoms with Gasteiger partial charge in [-0.05, 0) is 6.42 Å². The Hall–Kier alpha value is -1.67. The van der Waals surface area contributed by atoms with Crippen LogP contribution in [0.5, 0.6) is 0 Å². The molecule has 2 atom stereocenters. The Morgan fingerprint density at radius 1 is 0.935 bits per heavy atom. The fourth-order valence-electron chi connectivity index (χ4n) is 3.79. The van der Waals surface area contributed by atoms with E-state index in [9.17, 15) is 24.6 Å². The van der Waals surface area contributed by atoms with Crippen LogP contribution in [0.25, 0.3) is 0 Å². The summed E-state index contributed by atoms with van der Waals surface area (Å²) in [6.07, 6.45) is 11.0. The van der Waals surface area contributed by atoms with E-state index in [1.165, 1.54) is 59.0 Å². The number of nitrogens with zero attached hydrogens (tertiary/aromatic N) is 1. The van der Waals surface area contributed by atoms with Gasteiger partial charge in [0.15, 0.2) is 11.8 Å². The molecule has 0 aliphatic rings. The van der Waals surface area contributed by atoms with Gasteiger partial charge in [-0.1, -0.05) is 72.1 Å². The van der Waals surface area contributed by atoms with Crippen LogP contribution in [0.4, 0.5) is 0 Å². The molecule has 0 aliphatic heterocycles. The van der Waals surface area contributed by atoms with E-state index in [2.05, 4.69) is 6.92 Å². The summed E-state index contributed by atoms with van der Waals surface area (Å²) >= 11 is 0. The van der Waals surface area contributed by atoms with E-state index >= 15 is 0 Å². The van der Waals surface area contributed by atoms with Crippen molar-refractivity contribution in [2.24, 2.45) is 5.73 Å². The Kier molecular flexibility index (Phi) is 17.2. The number of aliphatic carboxylic acids is 2. The first-order chi connectivity index (χ1) is 14.4. The second-order valence-electron chi connectivity index (χ2n) is 8.72. The molecule has 0 spiro atoms. The van der Waals surface area contributed by atoms with Gasteiger partial charge in [0.1, 0.15) is 12.4 Å². The highest BCUT2D eigenvalue weighted by Gasteiger charge is 2.50. The molecule has 0 aromatic heterocycles. The number of carboxylic acids is 2. The van der Waals surface area contributed by atoms with Crippen molar-refractivity contribution in [2.75, 3.05) is 14.1 Å². The van der Waals surface area contributed by atoms with E-state index in [0.29, 0.717) is 12.8 Å². The lowest BCUT2D eigenvalue weighted by molar-refractivity contribution is -0.976. The van der Waals surface area contributed by atoms with Gasteiger partial charge in [-0.15, -0.1) is 0 Å². The molecule has 4 N–H and O–H groups in total. The molecule has 184 valence electrons. The predicted octanol–water partition coefficient (Wildman–Crippen LogP) is 2.56. The second-order valence-corrected chi connectivity index (χ2v) is 8.72. The van der Waals surface area contributed by atoms with Crippen molar-refractivity contribution in [3.8, 4) is 0 Å². The summed E-state index contributed by atoms with van der Waals surface area (Å²) in [4.78, 5) is 32.6. The summed E-state index contributed by atoms with van der Waals surface area (Å²) < 4.78 is -0.325. The van der Waals surface area contributed by atoms with Crippen LogP contribution in [0.15, 0.2) is 0 Å². The molecule has 0 fully saturated rings. The molecule has 0 aromatic carbocycles. The molecule has 0 bridgehead atoms. The number of primary amides is 1. The first kappa shape index (κ1) is 31.5. The Bertz CT molecular complexity index is 524. The van der Waals surface area contributed by atoms with E-state index < -0.39 is 30.1 Å². The molecule has 8 heteroatoms. The van der Waals surface area contributed by atoms with Gasteiger partial charge in [0, 0.05) is 19.3 Å². The number of carbonyl (C=O) groups is 3. The quantitative estimate of drug-likeness (QED) is 0.178. The molecule has 0 saturated heterocycles. The molecular weight excluding hydrogens is 400 g/mol. The van der Waals surface area contributed by atoms with Gasteiger partial charge >= 0.3 is 5.97 Å². The molecule has 0 aromatic rings. The molecular formula is C23H46N2O6. The maximum absolute atomic E-state index is 11.4. The number of rotatable bonds is 17. The third kappa shape index (κ3) is 12.1. The number of carboxylic acid groups (broad SMARTS) is 2. The number of aliphatic hydroxyl groups is 1. The first-order valence-corrected chi connectivity index (χ1v) is 11.7. The van der Waals surface area contributed by atoms with Crippen molar-refractivity contribution in [1.29, 1.82) is 0 Å². The van der Waals surface area contributed by atoms with Crippen molar-refractivity contribution in [1.82, 2.24) is 0 Å². The molecule has 0 aliphatic carbocycles. The van der Waals surface area contributed by atoms with Crippen LogP contribution in [0.2, 0.25) is 0 Å². The lowest BCUT2D eigenvalue weighted by Gasteiger charge is -2.50. The summed E-state index contributed by atoms with van der Waals surface area (Å²) in [5.41, 5.74) is 3.43. The van der Waals surface area contributed by atoms with Gasteiger partial charge in [-0.3, -0.25) is 14.1 Å². The van der Waals surface area contributed by atoms with Crippen LogP contribution < -0.4 is 10.8 Å². The van der Waals surface area contributed by atoms with Crippen LogP contribution in [-0.2, 0) is 14.4 Å². The number of quaternary nitrogens is 1. The number of aliphatic hydroxyl groups excluding tert-OH is 1. The number of hydrogen-bond acceptors (Lipinski definition) is 5. The molecule has 2 unspecified atom stereocenters. The molecule has 0 saturated carbocycles. The molecule has 0 rings (SSSR count). The highest BCUT2D eigenvalue weighted by atomic mass is 16.4.